The van der Waals surface area contributed by atoms with Gasteiger partial charge in [-0.25, -0.2) is 0 Å². The van der Waals surface area contributed by atoms with Crippen LogP contribution < -0.4 is 0 Å². The van der Waals surface area contributed by atoms with Crippen molar-refractivity contribution in [3.63, 3.8) is 0 Å². The quantitative estimate of drug-likeness (QED) is 0.356. The maximum atomic E-state index is 6.34. The molecule has 5 rings (SSSR count). The lowest BCUT2D eigenvalue weighted by atomic mass is 9.96. The Bertz CT molecular complexity index is 1280. The second kappa shape index (κ2) is 6.40. The molecule has 0 saturated carbocycles. The first-order valence-corrected chi connectivity index (χ1v) is 9.77. The van der Waals surface area contributed by atoms with Gasteiger partial charge in [-0.2, -0.15) is 0 Å². The van der Waals surface area contributed by atoms with Crippen LogP contribution in [0.2, 0.25) is 0 Å². The van der Waals surface area contributed by atoms with Crippen molar-refractivity contribution in [2.75, 3.05) is 13.1 Å². The van der Waals surface area contributed by atoms with Crippen LogP contribution in [0.4, 0.5) is 0 Å². The van der Waals surface area contributed by atoms with E-state index < -0.39 is 0 Å². The van der Waals surface area contributed by atoms with Crippen molar-refractivity contribution < 1.29 is 4.42 Å². The van der Waals surface area contributed by atoms with Crippen molar-refractivity contribution in [3.05, 3.63) is 72.3 Å². The summed E-state index contributed by atoms with van der Waals surface area (Å²) in [6.07, 6.45) is 0. The van der Waals surface area contributed by atoms with E-state index in [0.717, 1.165) is 30.8 Å². The van der Waals surface area contributed by atoms with Crippen molar-refractivity contribution in [1.29, 1.82) is 0 Å². The Balaban J connectivity index is 1.91. The van der Waals surface area contributed by atoms with E-state index in [-0.39, 0.29) is 0 Å². The average Bonchev–Trinajstić information content (AvgIpc) is 3.11. The number of fused-ring (bicyclic) bond motifs is 7. The van der Waals surface area contributed by atoms with Gasteiger partial charge in [0.25, 0.3) is 0 Å². The van der Waals surface area contributed by atoms with Crippen LogP contribution in [0.5, 0.6) is 0 Å². The van der Waals surface area contributed by atoms with Gasteiger partial charge in [0.2, 0.25) is 0 Å². The van der Waals surface area contributed by atoms with Crippen LogP contribution >= 0.6 is 0 Å². The van der Waals surface area contributed by atoms with Crippen molar-refractivity contribution in [3.8, 4) is 0 Å². The molecule has 0 fully saturated rings. The molecule has 0 aliphatic heterocycles. The molecule has 0 aliphatic rings. The minimum Gasteiger partial charge on any atom is -0.456 e. The Morgan fingerprint density at radius 3 is 2.15 bits per heavy atom. The molecule has 2 nitrogen and oxygen atoms in total. The minimum atomic E-state index is 0.946. The molecule has 0 aliphatic carbocycles. The van der Waals surface area contributed by atoms with Crippen LogP contribution in [-0.2, 0) is 6.54 Å². The van der Waals surface area contributed by atoms with Crippen LogP contribution in [0, 0.1) is 0 Å². The SMILES string of the molecule is CCN(CC)Cc1cc2oc3ccc4ccccc4c3c2c2ccccc12. The van der Waals surface area contributed by atoms with E-state index in [1.165, 1.54) is 37.9 Å². The van der Waals surface area contributed by atoms with Crippen molar-refractivity contribution >= 4 is 43.5 Å². The number of hydrogen-bond acceptors (Lipinski definition) is 2. The summed E-state index contributed by atoms with van der Waals surface area (Å²) in [6.45, 7) is 7.48. The predicted octanol–water partition coefficient (Wildman–Crippen LogP) is 6.73. The lowest BCUT2D eigenvalue weighted by Crippen LogP contribution is -2.22. The zero-order valence-electron chi connectivity index (χ0n) is 15.8. The smallest absolute Gasteiger partial charge is 0.136 e. The summed E-state index contributed by atoms with van der Waals surface area (Å²) in [4.78, 5) is 2.45. The highest BCUT2D eigenvalue weighted by Gasteiger charge is 2.16. The monoisotopic (exact) mass is 353 g/mol. The highest BCUT2D eigenvalue weighted by molar-refractivity contribution is 6.26. The molecule has 0 N–H and O–H groups in total. The summed E-state index contributed by atoms with van der Waals surface area (Å²) in [5.41, 5.74) is 3.29. The van der Waals surface area contributed by atoms with Crippen LogP contribution in [0.1, 0.15) is 19.4 Å². The number of hydrogen-bond donors (Lipinski definition) is 0. The molecule has 0 radical (unpaired) electrons. The number of furan rings is 1. The second-order valence-electron chi connectivity index (χ2n) is 7.18. The standard InChI is InChI=1S/C25H23NO/c1-3-26(4-2)16-18-15-23-25(21-12-8-7-10-19(18)21)24-20-11-6-5-9-17(20)13-14-22(24)27-23/h5-15H,3-4,16H2,1-2H3. The van der Waals surface area contributed by atoms with E-state index in [0.29, 0.717) is 0 Å². The van der Waals surface area contributed by atoms with Crippen molar-refractivity contribution in [2.45, 2.75) is 20.4 Å². The van der Waals surface area contributed by atoms with Gasteiger partial charge in [0.15, 0.2) is 0 Å². The third-order valence-corrected chi connectivity index (χ3v) is 5.74. The molecular formula is C25H23NO. The summed E-state index contributed by atoms with van der Waals surface area (Å²) in [6, 6.07) is 23.8. The fraction of sp³-hybridized carbons (Fsp3) is 0.200. The van der Waals surface area contributed by atoms with Gasteiger partial charge in [-0.15, -0.1) is 0 Å². The van der Waals surface area contributed by atoms with E-state index in [1.807, 2.05) is 0 Å². The number of rotatable bonds is 4. The number of benzene rings is 4. The van der Waals surface area contributed by atoms with Gasteiger partial charge in [0.1, 0.15) is 11.2 Å². The molecule has 2 heteroatoms. The lowest BCUT2D eigenvalue weighted by molar-refractivity contribution is 0.297. The third kappa shape index (κ3) is 2.52. The van der Waals surface area contributed by atoms with Gasteiger partial charge in [-0.1, -0.05) is 68.4 Å². The second-order valence-corrected chi connectivity index (χ2v) is 7.18. The molecule has 1 aromatic heterocycles. The van der Waals surface area contributed by atoms with E-state index >= 15 is 0 Å². The fourth-order valence-corrected chi connectivity index (χ4v) is 4.29. The first-order chi connectivity index (χ1) is 13.3. The van der Waals surface area contributed by atoms with Gasteiger partial charge in [-0.05, 0) is 52.3 Å². The molecular weight excluding hydrogens is 330 g/mol. The zero-order valence-corrected chi connectivity index (χ0v) is 15.8. The largest absolute Gasteiger partial charge is 0.456 e. The first kappa shape index (κ1) is 16.3. The Morgan fingerprint density at radius 2 is 1.37 bits per heavy atom. The van der Waals surface area contributed by atoms with Gasteiger partial charge >= 0.3 is 0 Å². The van der Waals surface area contributed by atoms with E-state index in [2.05, 4.69) is 85.5 Å². The van der Waals surface area contributed by atoms with Gasteiger partial charge in [0.05, 0.1) is 0 Å². The summed E-state index contributed by atoms with van der Waals surface area (Å²) >= 11 is 0. The Kier molecular flexibility index (Phi) is 3.87. The highest BCUT2D eigenvalue weighted by Crippen LogP contribution is 2.40. The average molecular weight is 353 g/mol. The van der Waals surface area contributed by atoms with E-state index in [1.54, 1.807) is 0 Å². The molecule has 0 bridgehead atoms. The highest BCUT2D eigenvalue weighted by atomic mass is 16.3. The minimum absolute atomic E-state index is 0.946. The Labute approximate surface area is 159 Å². The van der Waals surface area contributed by atoms with Gasteiger partial charge in [0, 0.05) is 17.3 Å². The van der Waals surface area contributed by atoms with E-state index in [4.69, 9.17) is 4.42 Å². The molecule has 0 amide bonds. The molecule has 0 atom stereocenters. The van der Waals surface area contributed by atoms with Gasteiger partial charge in [-0.3, -0.25) is 4.90 Å². The third-order valence-electron chi connectivity index (χ3n) is 5.74. The zero-order chi connectivity index (χ0) is 18.4. The summed E-state index contributed by atoms with van der Waals surface area (Å²) < 4.78 is 6.34. The summed E-state index contributed by atoms with van der Waals surface area (Å²) in [7, 11) is 0. The number of nitrogens with zero attached hydrogens (tertiary/aromatic N) is 1. The molecule has 27 heavy (non-hydrogen) atoms. The summed E-state index contributed by atoms with van der Waals surface area (Å²) in [5, 5.41) is 7.59. The fourth-order valence-electron chi connectivity index (χ4n) is 4.29. The predicted molar refractivity (Wildman–Crippen MR) is 115 cm³/mol. The lowest BCUT2D eigenvalue weighted by Gasteiger charge is -2.19. The molecule has 5 aromatic rings. The Morgan fingerprint density at radius 1 is 0.704 bits per heavy atom. The maximum Gasteiger partial charge on any atom is 0.136 e. The summed E-state index contributed by atoms with van der Waals surface area (Å²) in [5.74, 6) is 0. The molecule has 4 aromatic carbocycles. The molecule has 0 unspecified atom stereocenters. The van der Waals surface area contributed by atoms with E-state index in [9.17, 15) is 0 Å². The van der Waals surface area contributed by atoms with Gasteiger partial charge < -0.3 is 4.42 Å². The van der Waals surface area contributed by atoms with Crippen LogP contribution in [0.25, 0.3) is 43.5 Å². The van der Waals surface area contributed by atoms with Crippen LogP contribution in [-0.4, -0.2) is 18.0 Å². The molecule has 1 heterocycles. The maximum absolute atomic E-state index is 6.34. The van der Waals surface area contributed by atoms with Crippen LogP contribution in [0.15, 0.2) is 71.1 Å². The Hall–Kier alpha value is -2.84. The topological polar surface area (TPSA) is 16.4 Å². The van der Waals surface area contributed by atoms with Crippen LogP contribution in [0.3, 0.4) is 0 Å². The molecule has 0 spiro atoms. The first-order valence-electron chi connectivity index (χ1n) is 9.77. The molecule has 0 saturated heterocycles. The molecule has 134 valence electrons. The van der Waals surface area contributed by atoms with Crippen molar-refractivity contribution in [2.24, 2.45) is 0 Å². The van der Waals surface area contributed by atoms with Crippen molar-refractivity contribution in [1.82, 2.24) is 4.90 Å². The normalized spacial score (nSPS) is 12.1.